The van der Waals surface area contributed by atoms with Crippen molar-refractivity contribution in [3.63, 3.8) is 0 Å². The molecular weight excluding hydrogens is 228 g/mol. The molecule has 2 atom stereocenters. The van der Waals surface area contributed by atoms with E-state index < -0.39 is 0 Å². The highest BCUT2D eigenvalue weighted by Gasteiger charge is 2.15. The van der Waals surface area contributed by atoms with Crippen molar-refractivity contribution in [3.8, 4) is 0 Å². The Balaban J connectivity index is 3.85. The van der Waals surface area contributed by atoms with Gasteiger partial charge in [-0.15, -0.1) is 0 Å². The number of ether oxygens (including phenoxy) is 2. The summed E-state index contributed by atoms with van der Waals surface area (Å²) < 4.78 is 11.1. The lowest BCUT2D eigenvalue weighted by Gasteiger charge is -2.20. The first kappa shape index (κ1) is 17.4. The van der Waals surface area contributed by atoms with Crippen molar-refractivity contribution in [3.05, 3.63) is 0 Å². The van der Waals surface area contributed by atoms with Gasteiger partial charge in [0, 0.05) is 19.4 Å². The van der Waals surface area contributed by atoms with Crippen LogP contribution in [-0.4, -0.2) is 24.8 Å². The zero-order valence-electron chi connectivity index (χ0n) is 12.7. The van der Waals surface area contributed by atoms with Crippen molar-refractivity contribution in [1.82, 2.24) is 0 Å². The van der Waals surface area contributed by atoms with E-state index in [1.54, 1.807) is 0 Å². The standard InChI is InChI=1S/C15H30O3/c1-6-10-17-14(7-2)11-13(5)18-15(16)9-8-12(3)4/h12-14H,6-11H2,1-5H3. The lowest BCUT2D eigenvalue weighted by molar-refractivity contribution is -0.150. The fraction of sp³-hybridized carbons (Fsp3) is 0.933. The van der Waals surface area contributed by atoms with E-state index in [1.165, 1.54) is 0 Å². The maximum Gasteiger partial charge on any atom is 0.306 e. The lowest BCUT2D eigenvalue weighted by atomic mass is 10.1. The summed E-state index contributed by atoms with van der Waals surface area (Å²) >= 11 is 0. The van der Waals surface area contributed by atoms with Crippen LogP contribution in [0.1, 0.15) is 66.7 Å². The number of esters is 1. The van der Waals surface area contributed by atoms with Gasteiger partial charge < -0.3 is 9.47 Å². The second kappa shape index (κ2) is 10.4. The quantitative estimate of drug-likeness (QED) is 0.557. The Labute approximate surface area is 112 Å². The normalized spacial score (nSPS) is 14.6. The van der Waals surface area contributed by atoms with Gasteiger partial charge >= 0.3 is 5.97 Å². The van der Waals surface area contributed by atoms with Crippen LogP contribution >= 0.6 is 0 Å². The van der Waals surface area contributed by atoms with Gasteiger partial charge in [-0.1, -0.05) is 27.7 Å². The van der Waals surface area contributed by atoms with Crippen LogP contribution in [0.4, 0.5) is 0 Å². The van der Waals surface area contributed by atoms with Crippen LogP contribution < -0.4 is 0 Å². The molecule has 0 saturated heterocycles. The van der Waals surface area contributed by atoms with E-state index in [4.69, 9.17) is 9.47 Å². The first-order valence-electron chi connectivity index (χ1n) is 7.30. The molecule has 0 bridgehead atoms. The summed E-state index contributed by atoms with van der Waals surface area (Å²) in [5.41, 5.74) is 0. The molecular formula is C15H30O3. The predicted molar refractivity (Wildman–Crippen MR) is 74.6 cm³/mol. The van der Waals surface area contributed by atoms with Gasteiger partial charge in [0.2, 0.25) is 0 Å². The molecule has 0 aliphatic carbocycles. The van der Waals surface area contributed by atoms with E-state index in [0.29, 0.717) is 12.3 Å². The molecule has 0 heterocycles. The third-order valence-electron chi connectivity index (χ3n) is 2.87. The zero-order chi connectivity index (χ0) is 14.0. The number of carbonyl (C=O) groups is 1. The zero-order valence-corrected chi connectivity index (χ0v) is 12.7. The third kappa shape index (κ3) is 9.46. The SMILES string of the molecule is CCCOC(CC)CC(C)OC(=O)CCC(C)C. The van der Waals surface area contributed by atoms with Crippen molar-refractivity contribution in [1.29, 1.82) is 0 Å². The number of carbonyl (C=O) groups excluding carboxylic acids is 1. The summed E-state index contributed by atoms with van der Waals surface area (Å²) in [4.78, 5) is 11.6. The van der Waals surface area contributed by atoms with Gasteiger partial charge in [-0.25, -0.2) is 0 Å². The molecule has 0 fully saturated rings. The van der Waals surface area contributed by atoms with Crippen LogP contribution in [0.3, 0.4) is 0 Å². The molecule has 2 unspecified atom stereocenters. The molecule has 3 nitrogen and oxygen atoms in total. The maximum atomic E-state index is 11.6. The van der Waals surface area contributed by atoms with Gasteiger partial charge in [0.25, 0.3) is 0 Å². The van der Waals surface area contributed by atoms with Gasteiger partial charge in [-0.3, -0.25) is 4.79 Å². The summed E-state index contributed by atoms with van der Waals surface area (Å²) in [5, 5.41) is 0. The minimum Gasteiger partial charge on any atom is -0.463 e. The Morgan fingerprint density at radius 2 is 1.83 bits per heavy atom. The van der Waals surface area contributed by atoms with E-state index in [0.717, 1.165) is 32.3 Å². The second-order valence-electron chi connectivity index (χ2n) is 5.37. The average Bonchev–Trinajstić information content (AvgIpc) is 2.31. The van der Waals surface area contributed by atoms with Crippen LogP contribution in [0.25, 0.3) is 0 Å². The highest BCUT2D eigenvalue weighted by molar-refractivity contribution is 5.69. The Morgan fingerprint density at radius 3 is 2.33 bits per heavy atom. The average molecular weight is 258 g/mol. The van der Waals surface area contributed by atoms with Crippen molar-refractivity contribution in [2.45, 2.75) is 78.9 Å². The molecule has 0 radical (unpaired) electrons. The second-order valence-corrected chi connectivity index (χ2v) is 5.37. The van der Waals surface area contributed by atoms with Gasteiger partial charge in [-0.2, -0.15) is 0 Å². The van der Waals surface area contributed by atoms with E-state index in [2.05, 4.69) is 27.7 Å². The summed E-state index contributed by atoms with van der Waals surface area (Å²) in [7, 11) is 0. The molecule has 108 valence electrons. The van der Waals surface area contributed by atoms with Crippen LogP contribution in [0.15, 0.2) is 0 Å². The molecule has 0 aliphatic heterocycles. The summed E-state index contributed by atoms with van der Waals surface area (Å²) in [6, 6.07) is 0. The van der Waals surface area contributed by atoms with E-state index in [1.807, 2.05) is 6.92 Å². The van der Waals surface area contributed by atoms with Crippen LogP contribution in [0, 0.1) is 5.92 Å². The van der Waals surface area contributed by atoms with Crippen LogP contribution in [-0.2, 0) is 14.3 Å². The molecule has 0 saturated carbocycles. The van der Waals surface area contributed by atoms with Crippen molar-refractivity contribution in [2.24, 2.45) is 5.92 Å². The summed E-state index contributed by atoms with van der Waals surface area (Å²) in [6.07, 6.45) is 4.37. The Morgan fingerprint density at radius 1 is 1.17 bits per heavy atom. The Hall–Kier alpha value is -0.570. The molecule has 0 spiro atoms. The first-order valence-corrected chi connectivity index (χ1v) is 7.30. The van der Waals surface area contributed by atoms with Crippen molar-refractivity contribution >= 4 is 5.97 Å². The molecule has 3 heteroatoms. The highest BCUT2D eigenvalue weighted by atomic mass is 16.5. The van der Waals surface area contributed by atoms with Crippen LogP contribution in [0.2, 0.25) is 0 Å². The van der Waals surface area contributed by atoms with Crippen molar-refractivity contribution < 1.29 is 14.3 Å². The maximum absolute atomic E-state index is 11.6. The minimum absolute atomic E-state index is 0.0496. The first-order chi connectivity index (χ1) is 8.49. The predicted octanol–water partition coefficient (Wildman–Crippen LogP) is 3.95. The summed E-state index contributed by atoms with van der Waals surface area (Å²) in [5.74, 6) is 0.464. The smallest absolute Gasteiger partial charge is 0.306 e. The van der Waals surface area contributed by atoms with Crippen LogP contribution in [0.5, 0.6) is 0 Å². The summed E-state index contributed by atoms with van der Waals surface area (Å²) in [6.45, 7) is 11.2. The fourth-order valence-electron chi connectivity index (χ4n) is 1.75. The number of hydrogen-bond donors (Lipinski definition) is 0. The molecule has 0 amide bonds. The molecule has 0 aromatic carbocycles. The lowest BCUT2D eigenvalue weighted by Crippen LogP contribution is -2.23. The molecule has 0 aliphatic rings. The minimum atomic E-state index is -0.0819. The topological polar surface area (TPSA) is 35.5 Å². The monoisotopic (exact) mass is 258 g/mol. The van der Waals surface area contributed by atoms with Gasteiger partial charge in [-0.05, 0) is 32.1 Å². The molecule has 0 aromatic rings. The van der Waals surface area contributed by atoms with Gasteiger partial charge in [0.15, 0.2) is 0 Å². The third-order valence-corrected chi connectivity index (χ3v) is 2.87. The number of rotatable bonds is 10. The molecule has 0 rings (SSSR count). The van der Waals surface area contributed by atoms with E-state index in [9.17, 15) is 4.79 Å². The van der Waals surface area contributed by atoms with Gasteiger partial charge in [0.1, 0.15) is 6.10 Å². The molecule has 0 N–H and O–H groups in total. The van der Waals surface area contributed by atoms with E-state index >= 15 is 0 Å². The molecule has 0 aromatic heterocycles. The van der Waals surface area contributed by atoms with Crippen molar-refractivity contribution in [2.75, 3.05) is 6.61 Å². The highest BCUT2D eigenvalue weighted by Crippen LogP contribution is 2.12. The fourth-order valence-corrected chi connectivity index (χ4v) is 1.75. The van der Waals surface area contributed by atoms with E-state index in [-0.39, 0.29) is 18.2 Å². The largest absolute Gasteiger partial charge is 0.463 e. The van der Waals surface area contributed by atoms with Gasteiger partial charge in [0.05, 0.1) is 6.10 Å². The Kier molecular flexibility index (Phi) is 10.0. The Bertz CT molecular complexity index is 214. The molecule has 18 heavy (non-hydrogen) atoms. The number of hydrogen-bond acceptors (Lipinski definition) is 3.